The minimum absolute atomic E-state index is 0.0191. The van der Waals surface area contributed by atoms with Crippen molar-refractivity contribution in [1.29, 1.82) is 0 Å². The van der Waals surface area contributed by atoms with Gasteiger partial charge in [0.05, 0.1) is 12.5 Å². The molecule has 0 bridgehead atoms. The number of carbonyl (C=O) groups excluding carboxylic acids is 1. The highest BCUT2D eigenvalue weighted by Gasteiger charge is 2.39. The molecule has 0 aromatic heterocycles. The Morgan fingerprint density at radius 1 is 1.46 bits per heavy atom. The van der Waals surface area contributed by atoms with Gasteiger partial charge in [0.25, 0.3) is 0 Å². The fourth-order valence-electron chi connectivity index (χ4n) is 2.23. The van der Waals surface area contributed by atoms with Gasteiger partial charge in [-0.25, -0.2) is 0 Å². The van der Waals surface area contributed by atoms with Crippen LogP contribution in [0.25, 0.3) is 0 Å². The third-order valence-electron chi connectivity index (χ3n) is 2.90. The average Bonchev–Trinajstić information content (AvgIpc) is 2.02. The zero-order chi connectivity index (χ0) is 9.31. The predicted molar refractivity (Wildman–Crippen MR) is 52.7 cm³/mol. The lowest BCUT2D eigenvalue weighted by atomic mass is 9.82. The second-order valence-electron chi connectivity index (χ2n) is 4.00. The molecule has 0 radical (unpaired) electrons. The molecular weight excluding hydrogens is 186 g/mol. The molecule has 2 aliphatic rings. The summed E-state index contributed by atoms with van der Waals surface area (Å²) in [6.45, 7) is 0. The molecule has 1 atom stereocenters. The van der Waals surface area contributed by atoms with Gasteiger partial charge in [0.2, 0.25) is 5.91 Å². The van der Waals surface area contributed by atoms with Crippen molar-refractivity contribution >= 4 is 17.7 Å². The maximum absolute atomic E-state index is 11.3. The molecule has 2 saturated heterocycles. The highest BCUT2D eigenvalue weighted by atomic mass is 32.2. The molecule has 1 spiro atoms. The molecule has 2 heterocycles. The van der Waals surface area contributed by atoms with Crippen molar-refractivity contribution in [2.75, 3.05) is 11.5 Å². The molecule has 74 valence electrons. The minimum Gasteiger partial charge on any atom is -0.393 e. The van der Waals surface area contributed by atoms with Crippen LogP contribution in [0.5, 0.6) is 0 Å². The van der Waals surface area contributed by atoms with Crippen LogP contribution in [-0.4, -0.2) is 34.2 Å². The molecule has 2 N–H and O–H groups in total. The minimum atomic E-state index is -0.420. The first-order chi connectivity index (χ1) is 6.20. The van der Waals surface area contributed by atoms with E-state index >= 15 is 0 Å². The summed E-state index contributed by atoms with van der Waals surface area (Å²) in [5.74, 6) is 2.23. The molecule has 2 rings (SSSR count). The predicted octanol–water partition coefficient (Wildman–Crippen LogP) is 0.523. The molecule has 0 aromatic rings. The van der Waals surface area contributed by atoms with Gasteiger partial charge in [0, 0.05) is 5.54 Å². The summed E-state index contributed by atoms with van der Waals surface area (Å²) in [4.78, 5) is 11.3. The molecule has 0 saturated carbocycles. The van der Waals surface area contributed by atoms with Crippen molar-refractivity contribution in [1.82, 2.24) is 5.32 Å². The van der Waals surface area contributed by atoms with E-state index < -0.39 is 6.10 Å². The lowest BCUT2D eigenvalue weighted by Gasteiger charge is -2.42. The highest BCUT2D eigenvalue weighted by molar-refractivity contribution is 7.99. The summed E-state index contributed by atoms with van der Waals surface area (Å²) in [6, 6.07) is 0. The quantitative estimate of drug-likeness (QED) is 0.601. The third kappa shape index (κ3) is 1.99. The van der Waals surface area contributed by atoms with Crippen molar-refractivity contribution in [2.45, 2.75) is 37.3 Å². The second kappa shape index (κ2) is 3.50. The second-order valence-corrected chi connectivity index (χ2v) is 5.23. The molecular formula is C9H15NO2S. The summed E-state index contributed by atoms with van der Waals surface area (Å²) in [7, 11) is 0. The Balaban J connectivity index is 2.06. The van der Waals surface area contributed by atoms with Crippen LogP contribution in [0.3, 0.4) is 0 Å². The summed E-state index contributed by atoms with van der Waals surface area (Å²) < 4.78 is 0. The Labute approximate surface area is 82.3 Å². The van der Waals surface area contributed by atoms with Gasteiger partial charge in [-0.1, -0.05) is 0 Å². The first kappa shape index (κ1) is 9.34. The van der Waals surface area contributed by atoms with Gasteiger partial charge in [0.15, 0.2) is 0 Å². The highest BCUT2D eigenvalue weighted by Crippen LogP contribution is 2.33. The van der Waals surface area contributed by atoms with Crippen molar-refractivity contribution < 1.29 is 9.90 Å². The maximum atomic E-state index is 11.3. The van der Waals surface area contributed by atoms with Crippen molar-refractivity contribution in [2.24, 2.45) is 0 Å². The van der Waals surface area contributed by atoms with E-state index in [0.717, 1.165) is 30.8 Å². The average molecular weight is 201 g/mol. The lowest BCUT2D eigenvalue weighted by Crippen LogP contribution is -2.57. The van der Waals surface area contributed by atoms with Gasteiger partial charge >= 0.3 is 0 Å². The number of aliphatic hydroxyl groups is 1. The Hall–Kier alpha value is -0.220. The van der Waals surface area contributed by atoms with E-state index in [0.29, 0.717) is 0 Å². The van der Waals surface area contributed by atoms with Gasteiger partial charge in [-0.15, -0.1) is 0 Å². The van der Waals surface area contributed by atoms with E-state index in [2.05, 4.69) is 5.32 Å². The van der Waals surface area contributed by atoms with Crippen molar-refractivity contribution in [3.05, 3.63) is 0 Å². The standard InChI is InChI=1S/C9H15NO2S/c11-7-5-8(12)10-9(6-7)1-3-13-4-2-9/h7,11H,1-6H2,(H,10,12). The zero-order valence-corrected chi connectivity index (χ0v) is 8.40. The van der Waals surface area contributed by atoms with E-state index in [9.17, 15) is 9.90 Å². The molecule has 0 aliphatic carbocycles. The normalized spacial score (nSPS) is 33.0. The number of hydrogen-bond acceptors (Lipinski definition) is 3. The first-order valence-electron chi connectivity index (χ1n) is 4.77. The maximum Gasteiger partial charge on any atom is 0.223 e. The topological polar surface area (TPSA) is 49.3 Å². The number of nitrogens with one attached hydrogen (secondary N) is 1. The smallest absolute Gasteiger partial charge is 0.223 e. The number of amides is 1. The van der Waals surface area contributed by atoms with E-state index in [4.69, 9.17) is 0 Å². The van der Waals surface area contributed by atoms with Crippen LogP contribution >= 0.6 is 11.8 Å². The molecule has 2 aliphatic heterocycles. The summed E-state index contributed by atoms with van der Waals surface area (Å²) in [5, 5.41) is 12.6. The van der Waals surface area contributed by atoms with E-state index in [1.165, 1.54) is 0 Å². The van der Waals surface area contributed by atoms with Gasteiger partial charge in [-0.3, -0.25) is 4.79 Å². The Morgan fingerprint density at radius 2 is 2.15 bits per heavy atom. The SMILES string of the molecule is O=C1CC(O)CC2(CCSCC2)N1. The van der Waals surface area contributed by atoms with Crippen molar-refractivity contribution in [3.63, 3.8) is 0 Å². The number of carbonyl (C=O) groups is 1. The van der Waals surface area contributed by atoms with Gasteiger partial charge in [-0.05, 0) is 30.8 Å². The van der Waals surface area contributed by atoms with E-state index in [1.807, 2.05) is 11.8 Å². The van der Waals surface area contributed by atoms with E-state index in [1.54, 1.807) is 0 Å². The van der Waals surface area contributed by atoms with Crippen LogP contribution in [0.2, 0.25) is 0 Å². The monoisotopic (exact) mass is 201 g/mol. The zero-order valence-electron chi connectivity index (χ0n) is 7.58. The molecule has 0 aromatic carbocycles. The number of rotatable bonds is 0. The molecule has 3 nitrogen and oxygen atoms in total. The largest absolute Gasteiger partial charge is 0.393 e. The molecule has 1 amide bonds. The van der Waals surface area contributed by atoms with Gasteiger partial charge in [-0.2, -0.15) is 11.8 Å². The van der Waals surface area contributed by atoms with Gasteiger partial charge < -0.3 is 10.4 Å². The summed E-state index contributed by atoms with van der Waals surface area (Å²) in [5.41, 5.74) is -0.0694. The van der Waals surface area contributed by atoms with Crippen LogP contribution in [-0.2, 0) is 4.79 Å². The lowest BCUT2D eigenvalue weighted by molar-refractivity contribution is -0.129. The molecule has 2 fully saturated rings. The Morgan fingerprint density at radius 3 is 2.77 bits per heavy atom. The number of piperidine rings is 1. The van der Waals surface area contributed by atoms with Crippen LogP contribution in [0.15, 0.2) is 0 Å². The Kier molecular flexibility index (Phi) is 2.51. The number of thioether (sulfide) groups is 1. The first-order valence-corrected chi connectivity index (χ1v) is 5.93. The summed E-state index contributed by atoms with van der Waals surface area (Å²) in [6.07, 6.45) is 2.65. The van der Waals surface area contributed by atoms with Gasteiger partial charge in [0.1, 0.15) is 0 Å². The number of aliphatic hydroxyl groups excluding tert-OH is 1. The fraction of sp³-hybridized carbons (Fsp3) is 0.889. The van der Waals surface area contributed by atoms with Crippen molar-refractivity contribution in [3.8, 4) is 0 Å². The Bertz CT molecular complexity index is 214. The van der Waals surface area contributed by atoms with Crippen LogP contribution in [0.4, 0.5) is 0 Å². The third-order valence-corrected chi connectivity index (χ3v) is 3.89. The van der Waals surface area contributed by atoms with Crippen LogP contribution in [0, 0.1) is 0 Å². The molecule has 1 unspecified atom stereocenters. The fourth-order valence-corrected chi connectivity index (χ4v) is 3.50. The summed E-state index contributed by atoms with van der Waals surface area (Å²) >= 11 is 1.93. The van der Waals surface area contributed by atoms with Crippen LogP contribution in [0.1, 0.15) is 25.7 Å². The molecule has 4 heteroatoms. The molecule has 13 heavy (non-hydrogen) atoms. The van der Waals surface area contributed by atoms with E-state index in [-0.39, 0.29) is 17.9 Å². The number of hydrogen-bond donors (Lipinski definition) is 2. The van der Waals surface area contributed by atoms with Crippen LogP contribution < -0.4 is 5.32 Å².